The molecule has 39 heavy (non-hydrogen) atoms. The van der Waals surface area contributed by atoms with E-state index in [9.17, 15) is 22.8 Å². The number of aromatic nitrogens is 8. The second kappa shape index (κ2) is 12.6. The van der Waals surface area contributed by atoms with E-state index >= 15 is 0 Å². The van der Waals surface area contributed by atoms with E-state index in [1.54, 1.807) is 29.2 Å². The first kappa shape index (κ1) is 27.2. The number of halogens is 3. The molecule has 204 valence electrons. The predicted molar refractivity (Wildman–Crippen MR) is 127 cm³/mol. The van der Waals surface area contributed by atoms with E-state index in [-0.39, 0.29) is 29.6 Å². The van der Waals surface area contributed by atoms with E-state index < -0.39 is 12.3 Å². The molecule has 16 heteroatoms. The minimum absolute atomic E-state index is 0.0143. The van der Waals surface area contributed by atoms with E-state index in [4.69, 9.17) is 0 Å². The molecule has 0 radical (unpaired) electrons. The molecule has 0 aliphatic rings. The van der Waals surface area contributed by atoms with Gasteiger partial charge in [-0.05, 0) is 42.2 Å². The lowest BCUT2D eigenvalue weighted by atomic mass is 10.2. The number of rotatable bonds is 12. The van der Waals surface area contributed by atoms with Crippen LogP contribution in [-0.2, 0) is 26.2 Å². The van der Waals surface area contributed by atoms with Gasteiger partial charge in [-0.3, -0.25) is 19.0 Å². The van der Waals surface area contributed by atoms with Gasteiger partial charge in [-0.25, -0.2) is 0 Å². The lowest BCUT2D eigenvalue weighted by Gasteiger charge is -2.10. The summed E-state index contributed by atoms with van der Waals surface area (Å²) in [5.41, 5.74) is 1.51. The zero-order chi connectivity index (χ0) is 27.7. The minimum Gasteiger partial charge on any atom is -0.406 e. The molecule has 0 bridgehead atoms. The third-order valence-electron chi connectivity index (χ3n) is 5.25. The molecular weight excluding hydrogens is 521 g/mol. The highest BCUT2D eigenvalue weighted by atomic mass is 19.4. The Labute approximate surface area is 219 Å². The van der Waals surface area contributed by atoms with E-state index in [1.165, 1.54) is 35.3 Å². The molecular formula is C23H23F3N10O3. The summed E-state index contributed by atoms with van der Waals surface area (Å²) in [6.07, 6.45) is 2.72. The molecule has 3 heterocycles. The Bertz CT molecular complexity index is 1390. The van der Waals surface area contributed by atoms with E-state index in [1.807, 2.05) is 0 Å². The highest BCUT2D eigenvalue weighted by molar-refractivity contribution is 5.92. The average molecular weight is 544 g/mol. The molecule has 1 aromatic carbocycles. The fraction of sp³-hybridized carbons (Fsp3) is 0.304. The largest absolute Gasteiger partial charge is 0.573 e. The lowest BCUT2D eigenvalue weighted by molar-refractivity contribution is -0.274. The fourth-order valence-corrected chi connectivity index (χ4v) is 3.39. The molecule has 4 aromatic rings. The minimum atomic E-state index is -4.80. The van der Waals surface area contributed by atoms with Crippen LogP contribution in [0.3, 0.4) is 0 Å². The number of carbonyl (C=O) groups is 2. The zero-order valence-corrected chi connectivity index (χ0v) is 20.4. The van der Waals surface area contributed by atoms with Gasteiger partial charge in [0.05, 0.1) is 18.6 Å². The van der Waals surface area contributed by atoms with Crippen molar-refractivity contribution in [2.45, 2.75) is 45.4 Å². The standard InChI is InChI=1S/C23H23F3N10O3/c24-23(25,26)39-18-5-3-4-16(10-18)11-27-21(37)19-14-35(33-31-19)8-1-2-9-36-15-20(32-34-36)22(38)28-12-17-6-7-29-30-13-17/h3-7,10,13-15H,1-2,8-9,11-12H2,(H,27,37)(H,28,38). The predicted octanol–water partition coefficient (Wildman–Crippen LogP) is 1.90. The van der Waals surface area contributed by atoms with Crippen LogP contribution in [0.25, 0.3) is 0 Å². The Balaban J connectivity index is 1.16. The van der Waals surface area contributed by atoms with Crippen molar-refractivity contribution in [1.82, 2.24) is 50.8 Å². The number of unbranched alkanes of at least 4 members (excludes halogenated alkanes) is 1. The molecule has 0 fully saturated rings. The summed E-state index contributed by atoms with van der Waals surface area (Å²) in [5.74, 6) is -1.24. The number of hydrogen-bond donors (Lipinski definition) is 2. The molecule has 2 N–H and O–H groups in total. The number of nitrogens with zero attached hydrogens (tertiary/aromatic N) is 8. The second-order valence-corrected chi connectivity index (χ2v) is 8.25. The number of alkyl halides is 3. The number of amides is 2. The number of aryl methyl sites for hydroxylation is 2. The summed E-state index contributed by atoms with van der Waals surface area (Å²) >= 11 is 0. The van der Waals surface area contributed by atoms with Gasteiger partial charge in [0.15, 0.2) is 11.4 Å². The summed E-state index contributed by atoms with van der Waals surface area (Å²) in [7, 11) is 0. The number of hydrogen-bond acceptors (Lipinski definition) is 9. The first-order valence-electron chi connectivity index (χ1n) is 11.7. The van der Waals surface area contributed by atoms with Crippen molar-refractivity contribution in [3.63, 3.8) is 0 Å². The number of ether oxygens (including phenoxy) is 1. The summed E-state index contributed by atoms with van der Waals surface area (Å²) in [5, 5.41) is 28.4. The van der Waals surface area contributed by atoms with Crippen molar-refractivity contribution >= 4 is 11.8 Å². The van der Waals surface area contributed by atoms with Crippen LogP contribution in [0.5, 0.6) is 5.75 Å². The maximum Gasteiger partial charge on any atom is 0.573 e. The molecule has 13 nitrogen and oxygen atoms in total. The van der Waals surface area contributed by atoms with Gasteiger partial charge in [0.2, 0.25) is 0 Å². The molecule has 0 aliphatic carbocycles. The van der Waals surface area contributed by atoms with Gasteiger partial charge in [-0.15, -0.1) is 23.4 Å². The molecule has 4 rings (SSSR count). The second-order valence-electron chi connectivity index (χ2n) is 8.25. The number of carbonyl (C=O) groups excluding carboxylic acids is 2. The smallest absolute Gasteiger partial charge is 0.406 e. The van der Waals surface area contributed by atoms with Crippen molar-refractivity contribution in [2.75, 3.05) is 0 Å². The Morgan fingerprint density at radius 2 is 1.46 bits per heavy atom. The molecule has 0 spiro atoms. The summed E-state index contributed by atoms with van der Waals surface area (Å²) in [6.45, 7) is 1.29. The van der Waals surface area contributed by atoms with E-state index in [2.05, 4.69) is 46.2 Å². The molecule has 0 unspecified atom stereocenters. The van der Waals surface area contributed by atoms with Crippen LogP contribution in [-0.4, -0.2) is 58.4 Å². The monoisotopic (exact) mass is 544 g/mol. The van der Waals surface area contributed by atoms with Crippen molar-refractivity contribution in [1.29, 1.82) is 0 Å². The first-order chi connectivity index (χ1) is 18.7. The highest BCUT2D eigenvalue weighted by Gasteiger charge is 2.31. The van der Waals surface area contributed by atoms with Gasteiger partial charge in [0.1, 0.15) is 5.75 Å². The van der Waals surface area contributed by atoms with E-state index in [0.29, 0.717) is 38.0 Å². The Morgan fingerprint density at radius 1 is 0.846 bits per heavy atom. The Kier molecular flexibility index (Phi) is 8.75. The van der Waals surface area contributed by atoms with E-state index in [0.717, 1.165) is 5.56 Å². The number of benzene rings is 1. The number of nitrogens with one attached hydrogen (secondary N) is 2. The molecule has 2 amide bonds. The van der Waals surface area contributed by atoms with Gasteiger partial charge in [0, 0.05) is 32.4 Å². The van der Waals surface area contributed by atoms with Crippen LogP contribution in [0, 0.1) is 0 Å². The summed E-state index contributed by atoms with van der Waals surface area (Å²) < 4.78 is 44.1. The van der Waals surface area contributed by atoms with Crippen molar-refractivity contribution in [3.05, 3.63) is 77.6 Å². The fourth-order valence-electron chi connectivity index (χ4n) is 3.39. The van der Waals surface area contributed by atoms with Gasteiger partial charge >= 0.3 is 6.36 Å². The maximum atomic E-state index is 12.4. The van der Waals surface area contributed by atoms with Crippen LogP contribution in [0.4, 0.5) is 13.2 Å². The molecule has 0 saturated carbocycles. The van der Waals surface area contributed by atoms with Crippen molar-refractivity contribution < 1.29 is 27.5 Å². The lowest BCUT2D eigenvalue weighted by Crippen LogP contribution is -2.23. The molecule has 0 atom stereocenters. The molecule has 0 aliphatic heterocycles. The third kappa shape index (κ3) is 8.58. The quantitative estimate of drug-likeness (QED) is 0.255. The van der Waals surface area contributed by atoms with Crippen LogP contribution in [0.2, 0.25) is 0 Å². The molecule has 3 aromatic heterocycles. The van der Waals surface area contributed by atoms with Gasteiger partial charge < -0.3 is 15.4 Å². The summed E-state index contributed by atoms with van der Waals surface area (Å²) in [4.78, 5) is 24.6. The van der Waals surface area contributed by atoms with Gasteiger partial charge in [-0.2, -0.15) is 10.2 Å². The van der Waals surface area contributed by atoms with Crippen molar-refractivity contribution in [2.24, 2.45) is 0 Å². The zero-order valence-electron chi connectivity index (χ0n) is 20.4. The molecule has 0 saturated heterocycles. The van der Waals surface area contributed by atoms with Crippen LogP contribution >= 0.6 is 0 Å². The van der Waals surface area contributed by atoms with Crippen LogP contribution < -0.4 is 15.4 Å². The maximum absolute atomic E-state index is 12.4. The first-order valence-corrected chi connectivity index (χ1v) is 11.7. The highest BCUT2D eigenvalue weighted by Crippen LogP contribution is 2.23. The third-order valence-corrected chi connectivity index (χ3v) is 5.25. The Hall–Kier alpha value is -4.89. The average Bonchev–Trinajstić information content (AvgIpc) is 3.58. The summed E-state index contributed by atoms with van der Waals surface area (Å²) in [6, 6.07) is 7.07. The Morgan fingerprint density at radius 3 is 2.03 bits per heavy atom. The van der Waals surface area contributed by atoms with Gasteiger partial charge in [-0.1, -0.05) is 22.6 Å². The van der Waals surface area contributed by atoms with Crippen LogP contribution in [0.1, 0.15) is 44.9 Å². The van der Waals surface area contributed by atoms with Crippen LogP contribution in [0.15, 0.2) is 55.1 Å². The van der Waals surface area contributed by atoms with Crippen molar-refractivity contribution in [3.8, 4) is 5.75 Å². The normalized spacial score (nSPS) is 11.3. The van der Waals surface area contributed by atoms with Gasteiger partial charge in [0.25, 0.3) is 11.8 Å². The SMILES string of the molecule is O=C(NCc1ccnnc1)c1cn(CCCCn2cc(C(=O)NCc3cccc(OC(F)(F)F)c3)nn2)nn1. The topological polar surface area (TPSA) is 155 Å².